The molecule has 0 radical (unpaired) electrons. The Labute approximate surface area is 93.5 Å². The molecule has 1 N–H and O–H groups in total. The maximum Gasteiger partial charge on any atom is 0.267 e. The van der Waals surface area contributed by atoms with Gasteiger partial charge in [-0.2, -0.15) is 0 Å². The highest BCUT2D eigenvalue weighted by Gasteiger charge is 2.01. The molecular formula is C12H14N2O2. The monoisotopic (exact) mass is 218 g/mol. The minimum Gasteiger partial charge on any atom is -0.497 e. The van der Waals surface area contributed by atoms with E-state index in [2.05, 4.69) is 5.10 Å². The van der Waals surface area contributed by atoms with Crippen molar-refractivity contribution in [3.05, 3.63) is 51.9 Å². The summed E-state index contributed by atoms with van der Waals surface area (Å²) in [4.78, 5) is 11.5. The minimum absolute atomic E-state index is 0.0136. The van der Waals surface area contributed by atoms with Gasteiger partial charge in [-0.1, -0.05) is 12.1 Å². The van der Waals surface area contributed by atoms with Crippen LogP contribution in [0.3, 0.4) is 0 Å². The van der Waals surface area contributed by atoms with Crippen molar-refractivity contribution in [3.8, 4) is 5.75 Å². The highest BCUT2D eigenvalue weighted by molar-refractivity contribution is 5.28. The summed E-state index contributed by atoms with van der Waals surface area (Å²) in [6, 6.07) is 9.26. The third-order valence-electron chi connectivity index (χ3n) is 2.39. The molecular weight excluding hydrogens is 204 g/mol. The SMILES string of the molecule is COc1cccc(Cn2[nH]c(C)cc2=O)c1. The summed E-state index contributed by atoms with van der Waals surface area (Å²) in [6.45, 7) is 2.40. The topological polar surface area (TPSA) is 47.0 Å². The van der Waals surface area contributed by atoms with Crippen molar-refractivity contribution >= 4 is 0 Å². The molecule has 2 aromatic rings. The van der Waals surface area contributed by atoms with Gasteiger partial charge in [-0.25, -0.2) is 4.68 Å². The van der Waals surface area contributed by atoms with E-state index in [0.717, 1.165) is 17.0 Å². The average molecular weight is 218 g/mol. The van der Waals surface area contributed by atoms with Crippen LogP contribution in [0, 0.1) is 6.92 Å². The molecule has 1 aromatic carbocycles. The second kappa shape index (κ2) is 4.26. The van der Waals surface area contributed by atoms with Gasteiger partial charge in [0, 0.05) is 11.8 Å². The second-order valence-corrected chi connectivity index (χ2v) is 3.72. The summed E-state index contributed by atoms with van der Waals surface area (Å²) in [5, 5.41) is 2.99. The predicted octanol–water partition coefficient (Wildman–Crippen LogP) is 1.54. The smallest absolute Gasteiger partial charge is 0.267 e. The van der Waals surface area contributed by atoms with E-state index in [1.165, 1.54) is 0 Å². The van der Waals surface area contributed by atoms with Crippen molar-refractivity contribution in [2.75, 3.05) is 7.11 Å². The number of methoxy groups -OCH3 is 1. The number of nitrogens with zero attached hydrogens (tertiary/aromatic N) is 1. The number of aromatic nitrogens is 2. The van der Waals surface area contributed by atoms with Crippen LogP contribution in [-0.4, -0.2) is 16.9 Å². The Hall–Kier alpha value is -1.97. The summed E-state index contributed by atoms with van der Waals surface area (Å²) < 4.78 is 6.70. The minimum atomic E-state index is -0.0136. The molecule has 0 aliphatic heterocycles. The number of hydrogen-bond acceptors (Lipinski definition) is 2. The third-order valence-corrected chi connectivity index (χ3v) is 2.39. The lowest BCUT2D eigenvalue weighted by atomic mass is 10.2. The number of aryl methyl sites for hydroxylation is 1. The largest absolute Gasteiger partial charge is 0.497 e. The molecule has 1 heterocycles. The van der Waals surface area contributed by atoms with Crippen molar-refractivity contribution in [3.63, 3.8) is 0 Å². The van der Waals surface area contributed by atoms with Gasteiger partial charge in [-0.3, -0.25) is 9.89 Å². The molecule has 0 bridgehead atoms. The summed E-state index contributed by atoms with van der Waals surface area (Å²) in [5.41, 5.74) is 1.89. The zero-order valence-electron chi connectivity index (χ0n) is 9.36. The summed E-state index contributed by atoms with van der Waals surface area (Å²) in [5.74, 6) is 0.800. The van der Waals surface area contributed by atoms with Gasteiger partial charge < -0.3 is 4.74 Å². The Morgan fingerprint density at radius 3 is 2.81 bits per heavy atom. The van der Waals surface area contributed by atoms with E-state index in [9.17, 15) is 4.79 Å². The summed E-state index contributed by atoms with van der Waals surface area (Å²) >= 11 is 0. The molecule has 0 saturated heterocycles. The highest BCUT2D eigenvalue weighted by Crippen LogP contribution is 2.12. The first-order valence-electron chi connectivity index (χ1n) is 5.08. The number of hydrogen-bond donors (Lipinski definition) is 1. The molecule has 16 heavy (non-hydrogen) atoms. The first kappa shape index (κ1) is 10.5. The number of benzene rings is 1. The van der Waals surface area contributed by atoms with Gasteiger partial charge in [0.15, 0.2) is 0 Å². The van der Waals surface area contributed by atoms with Crippen molar-refractivity contribution in [2.24, 2.45) is 0 Å². The van der Waals surface area contributed by atoms with Crippen LogP contribution >= 0.6 is 0 Å². The van der Waals surface area contributed by atoms with Gasteiger partial charge in [0.05, 0.1) is 13.7 Å². The Balaban J connectivity index is 2.26. The number of ether oxygens (including phenoxy) is 1. The maximum atomic E-state index is 11.5. The number of aromatic amines is 1. The van der Waals surface area contributed by atoms with Crippen LogP contribution in [0.2, 0.25) is 0 Å². The average Bonchev–Trinajstić information content (AvgIpc) is 2.58. The van der Waals surface area contributed by atoms with Crippen LogP contribution in [0.1, 0.15) is 11.3 Å². The third kappa shape index (κ3) is 2.16. The summed E-state index contributed by atoms with van der Waals surface area (Å²) in [6.07, 6.45) is 0. The fraction of sp³-hybridized carbons (Fsp3) is 0.250. The molecule has 1 aromatic heterocycles. The lowest BCUT2D eigenvalue weighted by molar-refractivity contribution is 0.414. The molecule has 4 heteroatoms. The fourth-order valence-corrected chi connectivity index (χ4v) is 1.63. The molecule has 0 aliphatic rings. The van der Waals surface area contributed by atoms with E-state index >= 15 is 0 Å². The first-order chi connectivity index (χ1) is 7.69. The number of nitrogens with one attached hydrogen (secondary N) is 1. The lowest BCUT2D eigenvalue weighted by Crippen LogP contribution is -2.16. The van der Waals surface area contributed by atoms with Crippen LogP contribution in [0.15, 0.2) is 35.1 Å². The molecule has 0 fully saturated rings. The van der Waals surface area contributed by atoms with Gasteiger partial charge in [-0.05, 0) is 24.6 Å². The predicted molar refractivity (Wildman–Crippen MR) is 61.9 cm³/mol. The molecule has 0 amide bonds. The molecule has 84 valence electrons. The molecule has 4 nitrogen and oxygen atoms in total. The molecule has 0 unspecified atom stereocenters. The van der Waals surface area contributed by atoms with Gasteiger partial charge in [0.2, 0.25) is 0 Å². The molecule has 0 saturated carbocycles. The molecule has 2 rings (SSSR count). The first-order valence-corrected chi connectivity index (χ1v) is 5.08. The zero-order chi connectivity index (χ0) is 11.5. The van der Waals surface area contributed by atoms with Crippen molar-refractivity contribution in [1.82, 2.24) is 9.78 Å². The Morgan fingerprint density at radius 2 is 2.19 bits per heavy atom. The standard InChI is InChI=1S/C12H14N2O2/c1-9-6-12(15)14(13-9)8-10-4-3-5-11(7-10)16-2/h3-7,13H,8H2,1-2H3. The van der Waals surface area contributed by atoms with Crippen LogP contribution in [0.25, 0.3) is 0 Å². The zero-order valence-corrected chi connectivity index (χ0v) is 9.36. The van der Waals surface area contributed by atoms with Crippen molar-refractivity contribution in [2.45, 2.75) is 13.5 Å². The van der Waals surface area contributed by atoms with Crippen molar-refractivity contribution in [1.29, 1.82) is 0 Å². The molecule has 0 atom stereocenters. The van der Waals surface area contributed by atoms with Crippen LogP contribution < -0.4 is 10.3 Å². The van der Waals surface area contributed by atoms with Crippen molar-refractivity contribution < 1.29 is 4.74 Å². The van der Waals surface area contributed by atoms with Gasteiger partial charge in [-0.15, -0.1) is 0 Å². The fourth-order valence-electron chi connectivity index (χ4n) is 1.63. The van der Waals surface area contributed by atoms with E-state index < -0.39 is 0 Å². The van der Waals surface area contributed by atoms with Gasteiger partial charge in [0.25, 0.3) is 5.56 Å². The number of rotatable bonds is 3. The van der Waals surface area contributed by atoms with E-state index in [1.807, 2.05) is 31.2 Å². The van der Waals surface area contributed by atoms with Crippen LogP contribution in [-0.2, 0) is 6.54 Å². The van der Waals surface area contributed by atoms with E-state index in [1.54, 1.807) is 17.9 Å². The summed E-state index contributed by atoms with van der Waals surface area (Å²) in [7, 11) is 1.63. The molecule has 0 spiro atoms. The van der Waals surface area contributed by atoms with E-state index in [-0.39, 0.29) is 5.56 Å². The lowest BCUT2D eigenvalue weighted by Gasteiger charge is -2.04. The van der Waals surface area contributed by atoms with Crippen LogP contribution in [0.4, 0.5) is 0 Å². The molecule has 0 aliphatic carbocycles. The Bertz CT molecular complexity index is 540. The second-order valence-electron chi connectivity index (χ2n) is 3.72. The Kier molecular flexibility index (Phi) is 2.81. The van der Waals surface area contributed by atoms with E-state index in [0.29, 0.717) is 6.54 Å². The quantitative estimate of drug-likeness (QED) is 0.849. The number of H-pyrrole nitrogens is 1. The van der Waals surface area contributed by atoms with Gasteiger partial charge in [0.1, 0.15) is 5.75 Å². The van der Waals surface area contributed by atoms with E-state index in [4.69, 9.17) is 4.74 Å². The highest BCUT2D eigenvalue weighted by atomic mass is 16.5. The Morgan fingerprint density at radius 1 is 1.38 bits per heavy atom. The van der Waals surface area contributed by atoms with Gasteiger partial charge >= 0.3 is 0 Å². The van der Waals surface area contributed by atoms with Crippen LogP contribution in [0.5, 0.6) is 5.75 Å². The normalized spacial score (nSPS) is 10.4. The maximum absolute atomic E-state index is 11.5.